The third-order valence-electron chi connectivity index (χ3n) is 3.29. The van der Waals surface area contributed by atoms with Crippen molar-refractivity contribution in [3.63, 3.8) is 0 Å². The maximum Gasteiger partial charge on any atom is 0.271 e. The molecule has 0 spiro atoms. The molecule has 0 aliphatic heterocycles. The van der Waals surface area contributed by atoms with Crippen LogP contribution in [0.2, 0.25) is 0 Å². The quantitative estimate of drug-likeness (QED) is 0.492. The Morgan fingerprint density at radius 3 is 2.33 bits per heavy atom. The van der Waals surface area contributed by atoms with Crippen LogP contribution in [0.5, 0.6) is 0 Å². The van der Waals surface area contributed by atoms with Crippen LogP contribution in [0.25, 0.3) is 0 Å². The van der Waals surface area contributed by atoms with Crippen LogP contribution >= 0.6 is 0 Å². The Kier molecular flexibility index (Phi) is 5.30. The lowest BCUT2D eigenvalue weighted by Crippen LogP contribution is -2.36. The monoisotopic (exact) mass is 315 g/mol. The molecular formula is C13H21N3O4S. The Hall–Kier alpha value is -1.67. The van der Waals surface area contributed by atoms with E-state index in [-0.39, 0.29) is 22.3 Å². The molecule has 0 aliphatic rings. The fourth-order valence-corrected chi connectivity index (χ4v) is 3.57. The predicted molar refractivity (Wildman–Crippen MR) is 81.4 cm³/mol. The average molecular weight is 315 g/mol. The van der Waals surface area contributed by atoms with Gasteiger partial charge in [-0.25, -0.2) is 8.42 Å². The van der Waals surface area contributed by atoms with Gasteiger partial charge in [0, 0.05) is 25.2 Å². The van der Waals surface area contributed by atoms with Crippen LogP contribution in [0.1, 0.15) is 27.2 Å². The summed E-state index contributed by atoms with van der Waals surface area (Å²) in [6.45, 7) is 5.84. The summed E-state index contributed by atoms with van der Waals surface area (Å²) in [7, 11) is -2.28. The number of non-ortho nitro benzene ring substituents is 1. The van der Waals surface area contributed by atoms with Gasteiger partial charge in [0.2, 0.25) is 10.0 Å². The van der Waals surface area contributed by atoms with Gasteiger partial charge in [-0.15, -0.1) is 0 Å². The third-order valence-corrected chi connectivity index (χ3v) is 5.34. The highest BCUT2D eigenvalue weighted by molar-refractivity contribution is 7.89. The Bertz CT molecular complexity index is 628. The number of sulfonamides is 1. The molecule has 2 N–H and O–H groups in total. The number of nitro groups is 1. The molecule has 1 rings (SSSR count). The number of benzene rings is 1. The van der Waals surface area contributed by atoms with Crippen molar-refractivity contribution in [1.29, 1.82) is 0 Å². The number of rotatable bonds is 6. The number of hydrogen-bond donors (Lipinski definition) is 1. The minimum Gasteiger partial charge on any atom is -0.397 e. The van der Waals surface area contributed by atoms with Crippen LogP contribution in [-0.2, 0) is 10.0 Å². The first-order valence-corrected chi connectivity index (χ1v) is 8.03. The van der Waals surface area contributed by atoms with Crippen molar-refractivity contribution in [1.82, 2.24) is 4.31 Å². The maximum absolute atomic E-state index is 12.5. The van der Waals surface area contributed by atoms with E-state index in [2.05, 4.69) is 0 Å². The van der Waals surface area contributed by atoms with Crippen molar-refractivity contribution in [2.24, 2.45) is 5.92 Å². The smallest absolute Gasteiger partial charge is 0.271 e. The molecule has 0 amide bonds. The molecule has 0 radical (unpaired) electrons. The molecule has 1 aromatic rings. The lowest BCUT2D eigenvalue weighted by molar-refractivity contribution is -0.384. The zero-order chi connectivity index (χ0) is 16.4. The van der Waals surface area contributed by atoms with Crippen LogP contribution in [0.15, 0.2) is 23.1 Å². The summed E-state index contributed by atoms with van der Waals surface area (Å²) < 4.78 is 26.3. The first-order chi connectivity index (χ1) is 9.57. The number of nitrogen functional groups attached to an aromatic ring is 1. The second-order valence-corrected chi connectivity index (χ2v) is 7.44. The molecule has 1 aromatic carbocycles. The molecule has 118 valence electrons. The summed E-state index contributed by atoms with van der Waals surface area (Å²) in [6, 6.07) is 3.20. The van der Waals surface area contributed by atoms with Crippen molar-refractivity contribution < 1.29 is 13.3 Å². The van der Waals surface area contributed by atoms with Crippen LogP contribution in [0, 0.1) is 16.0 Å². The van der Waals surface area contributed by atoms with Crippen LogP contribution in [-0.4, -0.2) is 30.7 Å². The van der Waals surface area contributed by atoms with E-state index in [9.17, 15) is 18.5 Å². The molecule has 21 heavy (non-hydrogen) atoms. The van der Waals surface area contributed by atoms with Crippen molar-refractivity contribution in [2.75, 3.05) is 12.8 Å². The minimum absolute atomic E-state index is 0.105. The third kappa shape index (κ3) is 3.92. The zero-order valence-electron chi connectivity index (χ0n) is 12.6. The first-order valence-electron chi connectivity index (χ1n) is 6.59. The number of hydrogen-bond acceptors (Lipinski definition) is 5. The second-order valence-electron chi connectivity index (χ2n) is 5.48. The van der Waals surface area contributed by atoms with Gasteiger partial charge in [-0.2, -0.15) is 4.31 Å². The molecule has 1 atom stereocenters. The first kappa shape index (κ1) is 17.4. The Labute approximate surface area is 124 Å². The van der Waals surface area contributed by atoms with E-state index in [4.69, 9.17) is 5.73 Å². The van der Waals surface area contributed by atoms with Gasteiger partial charge < -0.3 is 5.73 Å². The lowest BCUT2D eigenvalue weighted by Gasteiger charge is -2.26. The van der Waals surface area contributed by atoms with Crippen LogP contribution < -0.4 is 5.73 Å². The van der Waals surface area contributed by atoms with Gasteiger partial charge in [0.1, 0.15) is 4.90 Å². The molecule has 1 unspecified atom stereocenters. The minimum atomic E-state index is -3.77. The van der Waals surface area contributed by atoms with Crippen molar-refractivity contribution in [2.45, 2.75) is 38.1 Å². The number of nitrogens with zero attached hydrogens (tertiary/aromatic N) is 2. The molecule has 7 nitrogen and oxygen atoms in total. The molecule has 0 aromatic heterocycles. The van der Waals surface area contributed by atoms with Crippen LogP contribution in [0.4, 0.5) is 11.4 Å². The average Bonchev–Trinajstić information content (AvgIpc) is 2.36. The maximum atomic E-state index is 12.5. The summed E-state index contributed by atoms with van der Waals surface area (Å²) in [5, 5.41) is 10.7. The number of nitro benzene ring substituents is 1. The molecule has 0 saturated heterocycles. The van der Waals surface area contributed by atoms with Gasteiger partial charge in [-0.05, 0) is 25.3 Å². The molecule has 8 heteroatoms. The summed E-state index contributed by atoms with van der Waals surface area (Å²) in [4.78, 5) is 9.95. The highest BCUT2D eigenvalue weighted by atomic mass is 32.2. The van der Waals surface area contributed by atoms with Gasteiger partial charge in [0.15, 0.2) is 0 Å². The number of anilines is 1. The molecular weight excluding hydrogens is 294 g/mol. The van der Waals surface area contributed by atoms with E-state index in [0.717, 1.165) is 12.1 Å². The van der Waals surface area contributed by atoms with Crippen LogP contribution in [0.3, 0.4) is 0 Å². The topological polar surface area (TPSA) is 107 Å². The Balaban J connectivity index is 3.16. The summed E-state index contributed by atoms with van der Waals surface area (Å²) >= 11 is 0. The van der Waals surface area contributed by atoms with Gasteiger partial charge >= 0.3 is 0 Å². The van der Waals surface area contributed by atoms with E-state index < -0.39 is 14.9 Å². The van der Waals surface area contributed by atoms with Gasteiger partial charge in [-0.3, -0.25) is 10.1 Å². The molecule has 0 heterocycles. The molecule has 0 fully saturated rings. The van der Waals surface area contributed by atoms with Crippen molar-refractivity contribution in [3.8, 4) is 0 Å². The SMILES string of the molecule is CC(C)CC(C)N(C)S(=O)(=O)c1ccc([N+](=O)[O-])cc1N. The van der Waals surface area contributed by atoms with Gasteiger partial charge in [0.25, 0.3) is 5.69 Å². The molecule has 0 saturated carbocycles. The van der Waals surface area contributed by atoms with E-state index in [1.54, 1.807) is 0 Å². The zero-order valence-corrected chi connectivity index (χ0v) is 13.4. The fraction of sp³-hybridized carbons (Fsp3) is 0.538. The van der Waals surface area contributed by atoms with Crippen molar-refractivity contribution >= 4 is 21.4 Å². The number of nitrogens with two attached hydrogens (primary N) is 1. The van der Waals surface area contributed by atoms with Gasteiger partial charge in [0.05, 0.1) is 10.6 Å². The summed E-state index contributed by atoms with van der Waals surface area (Å²) in [5.41, 5.74) is 5.32. The Morgan fingerprint density at radius 2 is 1.90 bits per heavy atom. The molecule has 0 bridgehead atoms. The Morgan fingerprint density at radius 1 is 1.33 bits per heavy atom. The van der Waals surface area contributed by atoms with Gasteiger partial charge in [-0.1, -0.05) is 13.8 Å². The van der Waals surface area contributed by atoms with E-state index in [1.807, 2.05) is 20.8 Å². The fourth-order valence-electron chi connectivity index (χ4n) is 2.11. The highest BCUT2D eigenvalue weighted by Gasteiger charge is 2.28. The second kappa shape index (κ2) is 6.40. The summed E-state index contributed by atoms with van der Waals surface area (Å²) in [6.07, 6.45) is 0.711. The van der Waals surface area contributed by atoms with Crippen molar-refractivity contribution in [3.05, 3.63) is 28.3 Å². The normalized spacial score (nSPS) is 13.6. The largest absolute Gasteiger partial charge is 0.397 e. The highest BCUT2D eigenvalue weighted by Crippen LogP contribution is 2.27. The molecule has 0 aliphatic carbocycles. The van der Waals surface area contributed by atoms with E-state index in [0.29, 0.717) is 12.3 Å². The van der Waals surface area contributed by atoms with E-state index in [1.165, 1.54) is 17.4 Å². The lowest BCUT2D eigenvalue weighted by atomic mass is 10.1. The van der Waals surface area contributed by atoms with E-state index >= 15 is 0 Å². The predicted octanol–water partition coefficient (Wildman–Crippen LogP) is 2.23. The standard InChI is InChI=1S/C13H21N3O4S/c1-9(2)7-10(3)15(4)21(19,20)13-6-5-11(16(17)18)8-12(13)14/h5-6,8-10H,7,14H2,1-4H3. The summed E-state index contributed by atoms with van der Waals surface area (Å²) in [5.74, 6) is 0.354.